The molecule has 0 N–H and O–H groups in total. The van der Waals surface area contributed by atoms with Crippen molar-refractivity contribution in [2.24, 2.45) is 11.8 Å². The third-order valence-corrected chi connectivity index (χ3v) is 7.86. The lowest BCUT2D eigenvalue weighted by molar-refractivity contribution is -0.127. The van der Waals surface area contributed by atoms with Gasteiger partial charge in [0.1, 0.15) is 0 Å². The molecule has 0 aromatic heterocycles. The summed E-state index contributed by atoms with van der Waals surface area (Å²) in [5, 5.41) is 0.865. The molecule has 0 unspecified atom stereocenters. The van der Waals surface area contributed by atoms with Crippen LogP contribution in [0, 0.1) is 18.8 Å². The number of hydrogen-bond acceptors (Lipinski definition) is 5. The fraction of sp³-hybridized carbons (Fsp3) is 0.185. The number of benzene rings is 3. The van der Waals surface area contributed by atoms with E-state index in [9.17, 15) is 19.2 Å². The molecule has 8 heteroatoms. The van der Waals surface area contributed by atoms with Gasteiger partial charge in [-0.25, -0.2) is 4.90 Å². The number of amides is 2. The maximum Gasteiger partial charge on any atom is 0.241 e. The Balaban J connectivity index is 1.56. The van der Waals surface area contributed by atoms with Crippen LogP contribution in [0.25, 0.3) is 0 Å². The Bertz CT molecular complexity index is 1430. The van der Waals surface area contributed by atoms with E-state index >= 15 is 0 Å². The van der Waals surface area contributed by atoms with E-state index in [2.05, 4.69) is 0 Å². The summed E-state index contributed by atoms with van der Waals surface area (Å²) in [6, 6.07) is 17.9. The Morgan fingerprint density at radius 2 is 1.43 bits per heavy atom. The second-order valence-electron chi connectivity index (χ2n) is 8.93. The van der Waals surface area contributed by atoms with Crippen molar-refractivity contribution in [3.8, 4) is 0 Å². The third kappa shape index (κ3) is 2.82. The predicted octanol–water partition coefficient (Wildman–Crippen LogP) is 5.00. The minimum absolute atomic E-state index is 0.186. The lowest BCUT2D eigenvalue weighted by Gasteiger charge is -2.27. The molecular formula is C27H17Cl2NO5. The molecule has 3 aromatic carbocycles. The zero-order valence-electron chi connectivity index (χ0n) is 18.3. The smallest absolute Gasteiger partial charge is 0.241 e. The molecule has 0 bridgehead atoms. The molecule has 2 amide bonds. The predicted molar refractivity (Wildman–Crippen MR) is 129 cm³/mol. The first-order valence-corrected chi connectivity index (χ1v) is 11.8. The van der Waals surface area contributed by atoms with Crippen LogP contribution in [0.3, 0.4) is 0 Å². The monoisotopic (exact) mass is 505 g/mol. The van der Waals surface area contributed by atoms with E-state index in [0.717, 1.165) is 4.90 Å². The number of imide groups is 1. The minimum Gasteiger partial charge on any atom is -0.349 e. The number of fused-ring (bicyclic) bond motifs is 3. The van der Waals surface area contributed by atoms with Crippen LogP contribution < -0.4 is 4.90 Å². The van der Waals surface area contributed by atoms with Crippen LogP contribution in [0.2, 0.25) is 10.0 Å². The summed E-state index contributed by atoms with van der Waals surface area (Å²) in [7, 11) is 0. The third-order valence-electron chi connectivity index (χ3n) is 7.20. The number of hydrogen-bond donors (Lipinski definition) is 0. The zero-order valence-corrected chi connectivity index (χ0v) is 19.8. The van der Waals surface area contributed by atoms with Gasteiger partial charge in [0, 0.05) is 21.2 Å². The molecule has 3 atom stereocenters. The molecule has 6 nitrogen and oxygen atoms in total. The van der Waals surface area contributed by atoms with Crippen molar-refractivity contribution in [2.45, 2.75) is 18.6 Å². The largest absolute Gasteiger partial charge is 0.349 e. The number of Topliss-reactive ketones (excluding diaryl/α,β-unsaturated/α-hetero) is 2. The summed E-state index contributed by atoms with van der Waals surface area (Å²) in [4.78, 5) is 56.4. The number of anilines is 1. The summed E-state index contributed by atoms with van der Waals surface area (Å²) in [6.45, 7) is 1.71. The Labute approximate surface area is 210 Å². The molecule has 2 heterocycles. The summed E-state index contributed by atoms with van der Waals surface area (Å²) < 4.78 is 6.25. The van der Waals surface area contributed by atoms with Crippen LogP contribution in [0.1, 0.15) is 37.9 Å². The lowest BCUT2D eigenvalue weighted by atomic mass is 9.77. The fourth-order valence-electron chi connectivity index (χ4n) is 5.55. The van der Waals surface area contributed by atoms with Crippen molar-refractivity contribution < 1.29 is 23.9 Å². The maximum atomic E-state index is 14.0. The van der Waals surface area contributed by atoms with Gasteiger partial charge in [0.05, 0.1) is 23.6 Å². The van der Waals surface area contributed by atoms with Crippen LogP contribution in [0.15, 0.2) is 66.7 Å². The van der Waals surface area contributed by atoms with Gasteiger partial charge in [-0.05, 0) is 42.3 Å². The fourth-order valence-corrected chi connectivity index (χ4v) is 5.84. The first-order chi connectivity index (χ1) is 16.8. The van der Waals surface area contributed by atoms with Gasteiger partial charge < -0.3 is 4.74 Å². The quantitative estimate of drug-likeness (QED) is 0.361. The van der Waals surface area contributed by atoms with Gasteiger partial charge in [-0.15, -0.1) is 0 Å². The zero-order chi connectivity index (χ0) is 24.6. The Morgan fingerprint density at radius 1 is 0.800 bits per heavy atom. The van der Waals surface area contributed by atoms with Gasteiger partial charge in [0.15, 0.2) is 0 Å². The number of ether oxygens (including phenoxy) is 1. The van der Waals surface area contributed by atoms with E-state index in [1.54, 1.807) is 73.7 Å². The molecule has 2 saturated heterocycles. The highest BCUT2D eigenvalue weighted by atomic mass is 35.5. The topological polar surface area (TPSA) is 80.8 Å². The van der Waals surface area contributed by atoms with E-state index in [-0.39, 0.29) is 11.1 Å². The average molecular weight is 506 g/mol. The number of rotatable bonds is 2. The highest BCUT2D eigenvalue weighted by Gasteiger charge is 2.74. The molecule has 2 fully saturated rings. The number of carbonyl (C=O) groups is 4. The average Bonchev–Trinajstić information content (AvgIpc) is 3.42. The number of nitrogens with zero attached hydrogens (tertiary/aromatic N) is 1. The van der Waals surface area contributed by atoms with Crippen molar-refractivity contribution in [1.29, 1.82) is 0 Å². The van der Waals surface area contributed by atoms with Gasteiger partial charge in [-0.3, -0.25) is 19.2 Å². The molecule has 1 spiro atoms. The van der Waals surface area contributed by atoms with Crippen LogP contribution in [-0.2, 0) is 14.3 Å². The van der Waals surface area contributed by atoms with Crippen LogP contribution in [0.4, 0.5) is 5.69 Å². The van der Waals surface area contributed by atoms with Crippen molar-refractivity contribution in [3.63, 3.8) is 0 Å². The van der Waals surface area contributed by atoms with Crippen molar-refractivity contribution in [3.05, 3.63) is 99.0 Å². The molecule has 6 rings (SSSR count). The van der Waals surface area contributed by atoms with E-state index in [1.165, 1.54) is 0 Å². The van der Waals surface area contributed by atoms with Crippen LogP contribution >= 0.6 is 23.2 Å². The highest BCUT2D eigenvalue weighted by molar-refractivity contribution is 6.37. The normalized spacial score (nSPS) is 24.4. The van der Waals surface area contributed by atoms with Gasteiger partial charge >= 0.3 is 0 Å². The molecular weight excluding hydrogens is 489 g/mol. The first kappa shape index (κ1) is 22.2. The lowest BCUT2D eigenvalue weighted by Crippen LogP contribution is -2.51. The van der Waals surface area contributed by atoms with E-state index in [1.807, 2.05) is 0 Å². The Kier molecular flexibility index (Phi) is 4.81. The molecule has 3 aromatic rings. The van der Waals surface area contributed by atoms with Gasteiger partial charge in [-0.1, -0.05) is 65.7 Å². The molecule has 0 saturated carbocycles. The number of carbonyl (C=O) groups excluding carboxylic acids is 4. The van der Waals surface area contributed by atoms with Crippen molar-refractivity contribution >= 4 is 52.3 Å². The number of ketones is 2. The van der Waals surface area contributed by atoms with E-state index < -0.39 is 46.9 Å². The van der Waals surface area contributed by atoms with Gasteiger partial charge in [0.25, 0.3) is 0 Å². The first-order valence-electron chi connectivity index (χ1n) is 11.0. The SMILES string of the molecule is Cc1c(Cl)cccc1N1C(=O)[C@@H]2[C@@H](c3ccc(Cl)cc3)OC3(C(=O)c4ccccc4C3=O)[C@@H]2C1=O. The molecule has 3 aliphatic rings. The molecule has 2 aliphatic heterocycles. The summed E-state index contributed by atoms with van der Waals surface area (Å²) in [5.74, 6) is -4.80. The van der Waals surface area contributed by atoms with E-state index in [4.69, 9.17) is 27.9 Å². The second kappa shape index (κ2) is 7.59. The summed E-state index contributed by atoms with van der Waals surface area (Å²) in [5.41, 5.74) is -0.337. The van der Waals surface area contributed by atoms with Crippen LogP contribution in [-0.4, -0.2) is 29.0 Å². The van der Waals surface area contributed by atoms with E-state index in [0.29, 0.717) is 26.9 Å². The summed E-state index contributed by atoms with van der Waals surface area (Å²) in [6.07, 6.45) is -1.000. The van der Waals surface area contributed by atoms with Gasteiger partial charge in [0.2, 0.25) is 29.0 Å². The molecule has 35 heavy (non-hydrogen) atoms. The molecule has 0 radical (unpaired) electrons. The molecule has 174 valence electrons. The second-order valence-corrected chi connectivity index (χ2v) is 9.77. The highest BCUT2D eigenvalue weighted by Crippen LogP contribution is 2.58. The van der Waals surface area contributed by atoms with Crippen LogP contribution in [0.5, 0.6) is 0 Å². The number of halogens is 2. The standard InChI is InChI=1S/C27H17Cl2NO5/c1-13-18(29)7-4-8-19(13)30-25(33)20-21(26(30)34)27(35-22(20)14-9-11-15(28)12-10-14)23(31)16-5-2-3-6-17(16)24(27)32/h2-12,20-22H,1H3/t20-,21-,22+/m0/s1. The van der Waals surface area contributed by atoms with Crippen molar-refractivity contribution in [1.82, 2.24) is 0 Å². The minimum atomic E-state index is -2.12. The maximum absolute atomic E-state index is 14.0. The molecule has 1 aliphatic carbocycles. The van der Waals surface area contributed by atoms with Crippen molar-refractivity contribution in [2.75, 3.05) is 4.90 Å². The summed E-state index contributed by atoms with van der Waals surface area (Å²) >= 11 is 12.3. The Hall–Kier alpha value is -3.32. The Morgan fingerprint density at radius 3 is 2.06 bits per heavy atom. The van der Waals surface area contributed by atoms with Gasteiger partial charge in [-0.2, -0.15) is 0 Å².